The molecule has 3 nitrogen and oxygen atoms in total. The van der Waals surface area contributed by atoms with Crippen molar-refractivity contribution in [3.63, 3.8) is 0 Å². The Morgan fingerprint density at radius 2 is 2.24 bits per heavy atom. The molecule has 0 bridgehead atoms. The Bertz CT molecular complexity index is 433. The molecule has 0 spiro atoms. The molecule has 0 saturated heterocycles. The van der Waals surface area contributed by atoms with E-state index in [1.54, 1.807) is 11.8 Å². The second-order valence-corrected chi connectivity index (χ2v) is 5.56. The van der Waals surface area contributed by atoms with Crippen molar-refractivity contribution in [3.8, 4) is 0 Å². The molecule has 1 unspecified atom stereocenters. The number of nitrogens with zero attached hydrogens (tertiary/aromatic N) is 1. The van der Waals surface area contributed by atoms with Crippen LogP contribution in [0, 0.1) is 0 Å². The summed E-state index contributed by atoms with van der Waals surface area (Å²) in [5, 5.41) is 3.16. The third kappa shape index (κ3) is 2.33. The Kier molecular flexibility index (Phi) is 3.74. The Balaban J connectivity index is 2.41. The van der Waals surface area contributed by atoms with Crippen LogP contribution in [-0.2, 0) is 11.3 Å². The molecule has 2 rings (SSSR count). The average Bonchev–Trinajstić information content (AvgIpc) is 2.32. The molecule has 0 radical (unpaired) electrons. The number of benzene rings is 1. The molecule has 4 heteroatoms. The lowest BCUT2D eigenvalue weighted by Gasteiger charge is -2.31. The molecule has 1 aliphatic heterocycles. The predicted octanol–water partition coefficient (Wildman–Crippen LogP) is 2.25. The SMILES string of the molecule is CCN1C(=O)C(C)Sc2ccc(CNC)cc21. The molecule has 1 heterocycles. The van der Waals surface area contributed by atoms with Gasteiger partial charge in [0, 0.05) is 18.0 Å². The van der Waals surface area contributed by atoms with Crippen LogP contribution in [0.4, 0.5) is 5.69 Å². The summed E-state index contributed by atoms with van der Waals surface area (Å²) in [6, 6.07) is 6.36. The molecule has 17 heavy (non-hydrogen) atoms. The third-order valence-corrected chi connectivity index (χ3v) is 4.08. The Labute approximate surface area is 107 Å². The summed E-state index contributed by atoms with van der Waals surface area (Å²) < 4.78 is 0. The maximum atomic E-state index is 12.1. The van der Waals surface area contributed by atoms with Gasteiger partial charge in [-0.3, -0.25) is 4.79 Å². The first-order valence-electron chi connectivity index (χ1n) is 5.93. The fourth-order valence-electron chi connectivity index (χ4n) is 2.09. The number of anilines is 1. The van der Waals surface area contributed by atoms with E-state index in [1.165, 1.54) is 10.5 Å². The number of nitrogens with one attached hydrogen (secondary N) is 1. The third-order valence-electron chi connectivity index (χ3n) is 2.93. The molecular formula is C13H18N2OS. The van der Waals surface area contributed by atoms with Crippen molar-refractivity contribution in [2.75, 3.05) is 18.5 Å². The second-order valence-electron chi connectivity index (χ2n) is 4.17. The molecule has 0 fully saturated rings. The molecule has 0 aromatic heterocycles. The summed E-state index contributed by atoms with van der Waals surface area (Å²) in [4.78, 5) is 15.2. The lowest BCUT2D eigenvalue weighted by atomic mass is 10.1. The van der Waals surface area contributed by atoms with Crippen LogP contribution in [0.1, 0.15) is 19.4 Å². The highest BCUT2D eigenvalue weighted by Gasteiger charge is 2.29. The predicted molar refractivity (Wildman–Crippen MR) is 72.6 cm³/mol. The minimum Gasteiger partial charge on any atom is -0.316 e. The molecule has 1 aromatic carbocycles. The van der Waals surface area contributed by atoms with E-state index in [2.05, 4.69) is 23.5 Å². The van der Waals surface area contributed by atoms with Crippen molar-refractivity contribution in [1.29, 1.82) is 0 Å². The van der Waals surface area contributed by atoms with E-state index in [-0.39, 0.29) is 11.2 Å². The molecule has 1 aromatic rings. The Morgan fingerprint density at radius 1 is 1.47 bits per heavy atom. The Hall–Kier alpha value is -1.00. The van der Waals surface area contributed by atoms with Crippen LogP contribution in [0.15, 0.2) is 23.1 Å². The highest BCUT2D eigenvalue weighted by molar-refractivity contribution is 8.00. The largest absolute Gasteiger partial charge is 0.316 e. The maximum absolute atomic E-state index is 12.1. The molecule has 1 amide bonds. The number of carbonyl (C=O) groups is 1. The van der Waals surface area contributed by atoms with Crippen molar-refractivity contribution >= 4 is 23.4 Å². The average molecular weight is 250 g/mol. The molecule has 1 aliphatic rings. The first-order valence-corrected chi connectivity index (χ1v) is 6.81. The van der Waals surface area contributed by atoms with Crippen LogP contribution >= 0.6 is 11.8 Å². The fraction of sp³-hybridized carbons (Fsp3) is 0.462. The van der Waals surface area contributed by atoms with E-state index >= 15 is 0 Å². The van der Waals surface area contributed by atoms with Gasteiger partial charge in [-0.05, 0) is 38.6 Å². The first kappa shape index (κ1) is 12.5. The highest BCUT2D eigenvalue weighted by atomic mass is 32.2. The smallest absolute Gasteiger partial charge is 0.240 e. The summed E-state index contributed by atoms with van der Waals surface area (Å²) >= 11 is 1.65. The van der Waals surface area contributed by atoms with Crippen LogP contribution in [0.3, 0.4) is 0 Å². The molecule has 1 N–H and O–H groups in total. The summed E-state index contributed by atoms with van der Waals surface area (Å²) in [5.74, 6) is 0.214. The Morgan fingerprint density at radius 3 is 2.88 bits per heavy atom. The molecule has 0 aliphatic carbocycles. The number of hydrogen-bond donors (Lipinski definition) is 1. The maximum Gasteiger partial charge on any atom is 0.240 e. The van der Waals surface area contributed by atoms with Gasteiger partial charge in [-0.1, -0.05) is 6.07 Å². The molecule has 92 valence electrons. The number of fused-ring (bicyclic) bond motifs is 1. The van der Waals surface area contributed by atoms with E-state index < -0.39 is 0 Å². The van der Waals surface area contributed by atoms with Gasteiger partial charge in [0.25, 0.3) is 0 Å². The number of hydrogen-bond acceptors (Lipinski definition) is 3. The topological polar surface area (TPSA) is 32.3 Å². The lowest BCUT2D eigenvalue weighted by Crippen LogP contribution is -2.39. The van der Waals surface area contributed by atoms with E-state index in [0.717, 1.165) is 18.8 Å². The summed E-state index contributed by atoms with van der Waals surface area (Å²) in [6.45, 7) is 5.56. The van der Waals surface area contributed by atoms with Crippen LogP contribution < -0.4 is 10.2 Å². The number of rotatable bonds is 3. The van der Waals surface area contributed by atoms with Crippen LogP contribution in [-0.4, -0.2) is 24.7 Å². The minimum atomic E-state index is 0.0256. The number of amides is 1. The van der Waals surface area contributed by atoms with E-state index in [9.17, 15) is 4.79 Å². The monoisotopic (exact) mass is 250 g/mol. The van der Waals surface area contributed by atoms with Gasteiger partial charge in [-0.25, -0.2) is 0 Å². The standard InChI is InChI=1S/C13H18N2OS/c1-4-15-11-7-10(8-14-3)5-6-12(11)17-9(2)13(15)16/h5-7,9,14H,4,8H2,1-3H3. The molecule has 0 saturated carbocycles. The van der Waals surface area contributed by atoms with Crippen molar-refractivity contribution in [2.24, 2.45) is 0 Å². The van der Waals surface area contributed by atoms with Gasteiger partial charge in [-0.2, -0.15) is 0 Å². The second kappa shape index (κ2) is 5.10. The van der Waals surface area contributed by atoms with Gasteiger partial charge in [-0.15, -0.1) is 11.8 Å². The van der Waals surface area contributed by atoms with Gasteiger partial charge in [0.1, 0.15) is 0 Å². The normalized spacial score (nSPS) is 19.4. The molecular weight excluding hydrogens is 232 g/mol. The zero-order valence-electron chi connectivity index (χ0n) is 10.5. The van der Waals surface area contributed by atoms with E-state index in [0.29, 0.717) is 0 Å². The van der Waals surface area contributed by atoms with Crippen LogP contribution in [0.25, 0.3) is 0 Å². The van der Waals surface area contributed by atoms with Crippen molar-refractivity contribution in [3.05, 3.63) is 23.8 Å². The van der Waals surface area contributed by atoms with Crippen molar-refractivity contribution < 1.29 is 4.79 Å². The van der Waals surface area contributed by atoms with Gasteiger partial charge >= 0.3 is 0 Å². The van der Waals surface area contributed by atoms with E-state index in [1.807, 2.05) is 25.8 Å². The van der Waals surface area contributed by atoms with Gasteiger partial charge in [0.05, 0.1) is 10.9 Å². The van der Waals surface area contributed by atoms with E-state index in [4.69, 9.17) is 0 Å². The minimum absolute atomic E-state index is 0.0256. The summed E-state index contributed by atoms with van der Waals surface area (Å²) in [7, 11) is 1.93. The first-order chi connectivity index (χ1) is 8.17. The summed E-state index contributed by atoms with van der Waals surface area (Å²) in [5.41, 5.74) is 2.28. The van der Waals surface area contributed by atoms with Crippen molar-refractivity contribution in [1.82, 2.24) is 5.32 Å². The van der Waals surface area contributed by atoms with Gasteiger partial charge < -0.3 is 10.2 Å². The van der Waals surface area contributed by atoms with Crippen LogP contribution in [0.5, 0.6) is 0 Å². The lowest BCUT2D eigenvalue weighted by molar-refractivity contribution is -0.117. The quantitative estimate of drug-likeness (QED) is 0.893. The molecule has 1 atom stereocenters. The zero-order valence-corrected chi connectivity index (χ0v) is 11.3. The number of thioether (sulfide) groups is 1. The van der Waals surface area contributed by atoms with Crippen molar-refractivity contribution in [2.45, 2.75) is 30.5 Å². The van der Waals surface area contributed by atoms with Crippen LogP contribution in [0.2, 0.25) is 0 Å². The number of carbonyl (C=O) groups excluding carboxylic acids is 1. The summed E-state index contributed by atoms with van der Waals surface area (Å²) in [6.07, 6.45) is 0. The zero-order chi connectivity index (χ0) is 12.4. The van der Waals surface area contributed by atoms with Gasteiger partial charge in [0.15, 0.2) is 0 Å². The highest BCUT2D eigenvalue weighted by Crippen LogP contribution is 2.39. The fourth-order valence-corrected chi connectivity index (χ4v) is 3.14. The van der Waals surface area contributed by atoms with Gasteiger partial charge in [0.2, 0.25) is 5.91 Å².